The summed E-state index contributed by atoms with van der Waals surface area (Å²) in [5.74, 6) is 0. The molecule has 0 spiro atoms. The van der Waals surface area contributed by atoms with E-state index in [0.29, 0.717) is 10.6 Å². The lowest BCUT2D eigenvalue weighted by Crippen LogP contribution is -1.91. The van der Waals surface area contributed by atoms with Crippen molar-refractivity contribution in [3.8, 4) is 17.3 Å². The normalized spacial score (nSPS) is 11.3. The number of anilines is 1. The van der Waals surface area contributed by atoms with E-state index in [-0.39, 0.29) is 0 Å². The van der Waals surface area contributed by atoms with E-state index in [9.17, 15) is 5.26 Å². The Bertz CT molecular complexity index is 1170. The van der Waals surface area contributed by atoms with Crippen LogP contribution in [0.1, 0.15) is 5.01 Å². The molecule has 0 aliphatic heterocycles. The number of halogens is 1. The van der Waals surface area contributed by atoms with Gasteiger partial charge in [-0.3, -0.25) is 0 Å². The van der Waals surface area contributed by atoms with Crippen LogP contribution in [0.5, 0.6) is 0 Å². The van der Waals surface area contributed by atoms with Crippen molar-refractivity contribution in [2.45, 2.75) is 0 Å². The van der Waals surface area contributed by atoms with Crippen LogP contribution in [-0.4, -0.2) is 4.98 Å². The number of thiazole rings is 1. The highest BCUT2D eigenvalue weighted by molar-refractivity contribution is 9.10. The molecule has 0 radical (unpaired) electrons. The van der Waals surface area contributed by atoms with Gasteiger partial charge in [-0.05, 0) is 35.0 Å². The molecule has 1 N–H and O–H groups in total. The summed E-state index contributed by atoms with van der Waals surface area (Å²) < 4.78 is 1.03. The van der Waals surface area contributed by atoms with E-state index in [4.69, 9.17) is 0 Å². The Kier molecular flexibility index (Phi) is 5.01. The highest BCUT2D eigenvalue weighted by Crippen LogP contribution is 2.27. The highest BCUT2D eigenvalue weighted by Gasteiger charge is 2.09. The predicted octanol–water partition coefficient (Wildman–Crippen LogP) is 6.70. The van der Waals surface area contributed by atoms with Gasteiger partial charge in [0.25, 0.3) is 0 Å². The van der Waals surface area contributed by atoms with Crippen LogP contribution in [0.25, 0.3) is 27.6 Å². The maximum atomic E-state index is 9.55. The van der Waals surface area contributed by atoms with Crippen LogP contribution < -0.4 is 5.32 Å². The second kappa shape index (κ2) is 7.75. The zero-order chi connectivity index (χ0) is 18.6. The molecule has 0 bridgehead atoms. The Morgan fingerprint density at radius 1 is 1.04 bits per heavy atom. The van der Waals surface area contributed by atoms with Gasteiger partial charge in [-0.2, -0.15) is 5.26 Å². The fourth-order valence-electron chi connectivity index (χ4n) is 2.73. The van der Waals surface area contributed by atoms with Gasteiger partial charge in [0.1, 0.15) is 16.6 Å². The third kappa shape index (κ3) is 3.92. The number of nitrogens with one attached hydrogen (secondary N) is 1. The maximum Gasteiger partial charge on any atom is 0.136 e. The largest absolute Gasteiger partial charge is 0.360 e. The van der Waals surface area contributed by atoms with Gasteiger partial charge in [-0.15, -0.1) is 11.3 Å². The average molecular weight is 432 g/mol. The molecule has 0 saturated heterocycles. The zero-order valence-corrected chi connectivity index (χ0v) is 16.6. The molecule has 0 fully saturated rings. The third-order valence-electron chi connectivity index (χ3n) is 4.13. The summed E-state index contributed by atoms with van der Waals surface area (Å²) in [7, 11) is 0. The quantitative estimate of drug-likeness (QED) is 0.365. The molecule has 1 aromatic heterocycles. The number of benzene rings is 3. The molecule has 1 heterocycles. The van der Waals surface area contributed by atoms with Crippen molar-refractivity contribution in [2.75, 3.05) is 5.32 Å². The van der Waals surface area contributed by atoms with Crippen LogP contribution in [-0.2, 0) is 0 Å². The molecule has 130 valence electrons. The Hall–Kier alpha value is -2.94. The first-order chi connectivity index (χ1) is 13.2. The number of allylic oxidation sites excluding steroid dienone is 1. The molecular formula is C22H14BrN3S. The van der Waals surface area contributed by atoms with Crippen molar-refractivity contribution in [2.24, 2.45) is 0 Å². The Morgan fingerprint density at radius 3 is 2.59 bits per heavy atom. The fraction of sp³-hybridized carbons (Fsp3) is 0. The lowest BCUT2D eigenvalue weighted by atomic mass is 10.1. The van der Waals surface area contributed by atoms with Gasteiger partial charge in [-0.25, -0.2) is 4.98 Å². The highest BCUT2D eigenvalue weighted by atomic mass is 79.9. The first-order valence-corrected chi connectivity index (χ1v) is 9.98. The number of aromatic nitrogens is 1. The van der Waals surface area contributed by atoms with Crippen LogP contribution in [0.4, 0.5) is 5.69 Å². The monoisotopic (exact) mass is 431 g/mol. The number of nitriles is 1. The number of nitrogens with zero attached hydrogens (tertiary/aromatic N) is 2. The second-order valence-corrected chi connectivity index (χ2v) is 7.69. The number of hydrogen-bond acceptors (Lipinski definition) is 4. The van der Waals surface area contributed by atoms with Gasteiger partial charge < -0.3 is 5.32 Å². The van der Waals surface area contributed by atoms with Gasteiger partial charge in [-0.1, -0.05) is 58.4 Å². The summed E-state index contributed by atoms with van der Waals surface area (Å²) in [6.45, 7) is 0. The van der Waals surface area contributed by atoms with E-state index in [1.54, 1.807) is 6.20 Å². The van der Waals surface area contributed by atoms with E-state index in [1.165, 1.54) is 16.7 Å². The van der Waals surface area contributed by atoms with Crippen molar-refractivity contribution in [1.82, 2.24) is 4.98 Å². The smallest absolute Gasteiger partial charge is 0.136 e. The molecule has 0 atom stereocenters. The van der Waals surface area contributed by atoms with Gasteiger partial charge >= 0.3 is 0 Å². The molecule has 4 aromatic rings. The van der Waals surface area contributed by atoms with Crippen LogP contribution in [0.2, 0.25) is 0 Å². The summed E-state index contributed by atoms with van der Waals surface area (Å²) in [6.07, 6.45) is 1.72. The Labute approximate surface area is 169 Å². The van der Waals surface area contributed by atoms with Crippen molar-refractivity contribution in [3.05, 3.63) is 87.8 Å². The minimum Gasteiger partial charge on any atom is -0.360 e. The molecule has 3 nitrogen and oxygen atoms in total. The molecule has 5 heteroatoms. The summed E-state index contributed by atoms with van der Waals surface area (Å²) >= 11 is 4.90. The third-order valence-corrected chi connectivity index (χ3v) is 5.53. The summed E-state index contributed by atoms with van der Waals surface area (Å²) in [4.78, 5) is 4.62. The first kappa shape index (κ1) is 17.5. The van der Waals surface area contributed by atoms with Crippen molar-refractivity contribution >= 4 is 49.3 Å². The van der Waals surface area contributed by atoms with Crippen LogP contribution in [0, 0.1) is 11.3 Å². The van der Waals surface area contributed by atoms with E-state index in [1.807, 2.05) is 47.8 Å². The molecular weight excluding hydrogens is 418 g/mol. The summed E-state index contributed by atoms with van der Waals surface area (Å²) in [6, 6.07) is 24.5. The van der Waals surface area contributed by atoms with E-state index < -0.39 is 0 Å². The van der Waals surface area contributed by atoms with E-state index >= 15 is 0 Å². The summed E-state index contributed by atoms with van der Waals surface area (Å²) in [5, 5.41) is 17.8. The lowest BCUT2D eigenvalue weighted by molar-refractivity contribution is 1.36. The Balaban J connectivity index is 1.58. The molecule has 3 aromatic carbocycles. The molecule has 27 heavy (non-hydrogen) atoms. The molecule has 0 aliphatic rings. The van der Waals surface area contributed by atoms with Crippen LogP contribution >= 0.6 is 27.3 Å². The number of hydrogen-bond donors (Lipinski definition) is 1. The SMILES string of the molecule is N#C/C(=C/Nc1ccc2ccccc2c1)c1nc(-c2ccc(Br)cc2)cs1. The van der Waals surface area contributed by atoms with Gasteiger partial charge in [0.15, 0.2) is 0 Å². The molecule has 0 unspecified atom stereocenters. The molecule has 4 rings (SSSR count). The van der Waals surface area contributed by atoms with Crippen molar-refractivity contribution in [3.63, 3.8) is 0 Å². The maximum absolute atomic E-state index is 9.55. The average Bonchev–Trinajstić information content (AvgIpc) is 3.19. The minimum atomic E-state index is 0.511. The van der Waals surface area contributed by atoms with Crippen molar-refractivity contribution in [1.29, 1.82) is 5.26 Å². The number of fused-ring (bicyclic) bond motifs is 1. The summed E-state index contributed by atoms with van der Waals surface area (Å²) in [5.41, 5.74) is 3.34. The Morgan fingerprint density at radius 2 is 1.81 bits per heavy atom. The number of rotatable bonds is 4. The topological polar surface area (TPSA) is 48.7 Å². The molecule has 0 amide bonds. The zero-order valence-electron chi connectivity index (χ0n) is 14.2. The van der Waals surface area contributed by atoms with Gasteiger partial charge in [0.2, 0.25) is 0 Å². The van der Waals surface area contributed by atoms with E-state index in [0.717, 1.165) is 26.8 Å². The van der Waals surface area contributed by atoms with Gasteiger partial charge in [0, 0.05) is 27.3 Å². The lowest BCUT2D eigenvalue weighted by Gasteiger charge is -2.04. The second-order valence-electron chi connectivity index (χ2n) is 5.92. The fourth-order valence-corrected chi connectivity index (χ4v) is 3.79. The van der Waals surface area contributed by atoms with E-state index in [2.05, 4.69) is 56.6 Å². The van der Waals surface area contributed by atoms with Crippen molar-refractivity contribution < 1.29 is 0 Å². The first-order valence-electron chi connectivity index (χ1n) is 8.30. The molecule has 0 saturated carbocycles. The minimum absolute atomic E-state index is 0.511. The molecule has 0 aliphatic carbocycles. The van der Waals surface area contributed by atoms with Gasteiger partial charge in [0.05, 0.1) is 5.69 Å². The van der Waals surface area contributed by atoms with Crippen LogP contribution in [0.15, 0.2) is 82.8 Å². The predicted molar refractivity (Wildman–Crippen MR) is 116 cm³/mol. The van der Waals surface area contributed by atoms with Crippen LogP contribution in [0.3, 0.4) is 0 Å². The standard InChI is InChI=1S/C22H14BrN3S/c23-19-8-5-16(6-9-19)21-14-27-22(26-21)18(12-24)13-25-20-10-7-15-3-1-2-4-17(15)11-20/h1-11,13-14,25H/b18-13-.